The number of benzene rings is 2. The van der Waals surface area contributed by atoms with Crippen molar-refractivity contribution in [3.05, 3.63) is 59.7 Å². The summed E-state index contributed by atoms with van der Waals surface area (Å²) in [5, 5.41) is 2.37. The second-order valence-electron chi connectivity index (χ2n) is 7.64. The van der Waals surface area contributed by atoms with E-state index in [0.717, 1.165) is 31.6 Å². The lowest BCUT2D eigenvalue weighted by Gasteiger charge is -2.38. The number of aryl methyl sites for hydroxylation is 1. The first-order valence-electron chi connectivity index (χ1n) is 9.59. The maximum atomic E-state index is 12.6. The zero-order chi connectivity index (χ0) is 19.7. The highest BCUT2D eigenvalue weighted by atomic mass is 32.2. The molecule has 0 unspecified atom stereocenters. The van der Waals surface area contributed by atoms with E-state index in [1.165, 1.54) is 11.1 Å². The fourth-order valence-corrected chi connectivity index (χ4v) is 5.48. The molecule has 1 fully saturated rings. The highest BCUT2D eigenvalue weighted by molar-refractivity contribution is 7.92. The van der Waals surface area contributed by atoms with Crippen molar-refractivity contribution in [2.24, 2.45) is 0 Å². The van der Waals surface area contributed by atoms with Crippen LogP contribution in [0.2, 0.25) is 0 Å². The summed E-state index contributed by atoms with van der Waals surface area (Å²) in [6.07, 6.45) is 2.19. The first-order valence-corrected chi connectivity index (χ1v) is 11.1. The molecule has 0 aliphatic carbocycles. The van der Waals surface area contributed by atoms with Crippen LogP contribution in [0, 0.1) is 0 Å². The van der Waals surface area contributed by atoms with Gasteiger partial charge in [0.05, 0.1) is 4.90 Å². The zero-order valence-electron chi connectivity index (χ0n) is 16.0. The molecule has 2 amide bonds. The van der Waals surface area contributed by atoms with Gasteiger partial charge in [0.25, 0.3) is 0 Å². The van der Waals surface area contributed by atoms with Crippen molar-refractivity contribution in [2.75, 3.05) is 32.0 Å². The summed E-state index contributed by atoms with van der Waals surface area (Å²) in [4.78, 5) is 16.7. The lowest BCUT2D eigenvalue weighted by atomic mass is 10.0. The number of nitrogens with zero attached hydrogens (tertiary/aromatic N) is 2. The maximum absolute atomic E-state index is 12.6. The summed E-state index contributed by atoms with van der Waals surface area (Å²) in [5.41, 5.74) is 3.33. The molecular weight excluding hydrogens is 374 g/mol. The molecule has 0 spiro atoms. The minimum absolute atomic E-state index is 0.219. The minimum atomic E-state index is -3.39. The number of rotatable bonds is 3. The lowest BCUT2D eigenvalue weighted by molar-refractivity contribution is 0.182. The Bertz CT molecular complexity index is 970. The number of nitrogens with one attached hydrogen (secondary N) is 1. The fourth-order valence-electron chi connectivity index (χ4n) is 3.81. The summed E-state index contributed by atoms with van der Waals surface area (Å²) >= 11 is 0. The Morgan fingerprint density at radius 2 is 1.82 bits per heavy atom. The van der Waals surface area contributed by atoms with E-state index in [9.17, 15) is 13.2 Å². The summed E-state index contributed by atoms with van der Waals surface area (Å²) in [6, 6.07) is 14.2. The minimum Gasteiger partial charge on any atom is -0.322 e. The number of urea groups is 1. The van der Waals surface area contributed by atoms with Crippen molar-refractivity contribution in [3.8, 4) is 0 Å². The summed E-state index contributed by atoms with van der Waals surface area (Å²) in [5.74, 6) is 0. The number of carbonyl (C=O) groups is 1. The molecule has 148 valence electrons. The van der Waals surface area contributed by atoms with Gasteiger partial charge >= 0.3 is 6.03 Å². The fraction of sp³-hybridized carbons (Fsp3) is 0.381. The first-order chi connectivity index (χ1) is 13.4. The molecule has 2 heterocycles. The molecule has 28 heavy (non-hydrogen) atoms. The molecule has 0 saturated carbocycles. The van der Waals surface area contributed by atoms with Crippen molar-refractivity contribution in [2.45, 2.75) is 29.5 Å². The molecule has 1 N–H and O–H groups in total. The van der Waals surface area contributed by atoms with Crippen LogP contribution in [0.3, 0.4) is 0 Å². The normalized spacial score (nSPS) is 18.1. The third-order valence-corrected chi connectivity index (χ3v) is 7.63. The van der Waals surface area contributed by atoms with Crippen LogP contribution in [0.4, 0.5) is 10.5 Å². The van der Waals surface area contributed by atoms with Gasteiger partial charge in [-0.15, -0.1) is 0 Å². The Morgan fingerprint density at radius 1 is 1.07 bits per heavy atom. The third kappa shape index (κ3) is 3.77. The van der Waals surface area contributed by atoms with E-state index in [-0.39, 0.29) is 19.1 Å². The Morgan fingerprint density at radius 3 is 2.57 bits per heavy atom. The van der Waals surface area contributed by atoms with Crippen LogP contribution >= 0.6 is 0 Å². The molecule has 2 aliphatic rings. The number of sulfone groups is 1. The molecule has 0 aromatic heterocycles. The van der Waals surface area contributed by atoms with Gasteiger partial charge in [-0.2, -0.15) is 0 Å². The number of amides is 2. The Balaban J connectivity index is 1.38. The maximum Gasteiger partial charge on any atom is 0.321 e. The van der Waals surface area contributed by atoms with Gasteiger partial charge in [-0.05, 0) is 61.8 Å². The van der Waals surface area contributed by atoms with Gasteiger partial charge in [-0.1, -0.05) is 24.3 Å². The van der Waals surface area contributed by atoms with Crippen LogP contribution in [0.25, 0.3) is 0 Å². The highest BCUT2D eigenvalue weighted by Crippen LogP contribution is 2.25. The zero-order valence-corrected chi connectivity index (χ0v) is 16.8. The SMILES string of the molecule is CN1CCCc2ccc(NC(=O)N3CC(S(=O)(=O)c4ccccc4)C3)cc2C1. The monoisotopic (exact) mass is 399 g/mol. The number of hydrogen-bond acceptors (Lipinski definition) is 4. The molecule has 2 aromatic rings. The van der Waals surface area contributed by atoms with Gasteiger partial charge in [0, 0.05) is 25.3 Å². The van der Waals surface area contributed by atoms with E-state index in [4.69, 9.17) is 0 Å². The molecular formula is C21H25N3O3S. The van der Waals surface area contributed by atoms with Crippen LogP contribution in [-0.4, -0.2) is 56.2 Å². The molecule has 4 rings (SSSR count). The van der Waals surface area contributed by atoms with Crippen molar-refractivity contribution in [1.82, 2.24) is 9.80 Å². The first kappa shape index (κ1) is 19.0. The standard InChI is InChI=1S/C21H25N3O3S/c1-23-11-5-6-16-9-10-18(12-17(16)13-23)22-21(25)24-14-20(15-24)28(26,27)19-7-3-2-4-8-19/h2-4,7-10,12,20H,5-6,11,13-15H2,1H3,(H,22,25). The van der Waals surface area contributed by atoms with Gasteiger partial charge in [0.15, 0.2) is 9.84 Å². The van der Waals surface area contributed by atoms with Gasteiger partial charge in [-0.25, -0.2) is 13.2 Å². The number of likely N-dealkylation sites (tertiary alicyclic amines) is 1. The predicted molar refractivity (Wildman–Crippen MR) is 109 cm³/mol. The average molecular weight is 400 g/mol. The van der Waals surface area contributed by atoms with Gasteiger partial charge < -0.3 is 15.1 Å². The predicted octanol–water partition coefficient (Wildman–Crippen LogP) is 2.75. The summed E-state index contributed by atoms with van der Waals surface area (Å²) in [6.45, 7) is 2.38. The summed E-state index contributed by atoms with van der Waals surface area (Å²) < 4.78 is 25.2. The molecule has 6 nitrogen and oxygen atoms in total. The second kappa shape index (κ2) is 7.56. The van der Waals surface area contributed by atoms with Crippen molar-refractivity contribution >= 4 is 21.6 Å². The largest absolute Gasteiger partial charge is 0.322 e. The quantitative estimate of drug-likeness (QED) is 0.862. The molecule has 2 aromatic carbocycles. The second-order valence-corrected chi connectivity index (χ2v) is 9.87. The number of carbonyl (C=O) groups excluding carboxylic acids is 1. The van der Waals surface area contributed by atoms with Gasteiger partial charge in [0.1, 0.15) is 5.25 Å². The van der Waals surface area contributed by atoms with Crippen molar-refractivity contribution in [3.63, 3.8) is 0 Å². The van der Waals surface area contributed by atoms with E-state index in [0.29, 0.717) is 4.90 Å². The van der Waals surface area contributed by atoms with E-state index in [1.807, 2.05) is 12.1 Å². The van der Waals surface area contributed by atoms with Crippen LogP contribution < -0.4 is 5.32 Å². The van der Waals surface area contributed by atoms with Crippen molar-refractivity contribution < 1.29 is 13.2 Å². The Hall–Kier alpha value is -2.38. The molecule has 0 radical (unpaired) electrons. The molecule has 0 bridgehead atoms. The van der Waals surface area contributed by atoms with E-state index in [1.54, 1.807) is 35.2 Å². The molecule has 2 aliphatic heterocycles. The van der Waals surface area contributed by atoms with Crippen LogP contribution in [-0.2, 0) is 22.8 Å². The lowest BCUT2D eigenvalue weighted by Crippen LogP contribution is -2.58. The Labute approximate surface area is 166 Å². The number of anilines is 1. The number of hydrogen-bond donors (Lipinski definition) is 1. The summed E-state index contributed by atoms with van der Waals surface area (Å²) in [7, 11) is -1.29. The van der Waals surface area contributed by atoms with E-state index >= 15 is 0 Å². The van der Waals surface area contributed by atoms with E-state index in [2.05, 4.69) is 23.3 Å². The van der Waals surface area contributed by atoms with Crippen LogP contribution in [0.5, 0.6) is 0 Å². The molecule has 0 atom stereocenters. The third-order valence-electron chi connectivity index (χ3n) is 5.53. The smallest absolute Gasteiger partial charge is 0.321 e. The van der Waals surface area contributed by atoms with Crippen molar-refractivity contribution in [1.29, 1.82) is 0 Å². The number of fused-ring (bicyclic) bond motifs is 1. The highest BCUT2D eigenvalue weighted by Gasteiger charge is 2.40. The van der Waals surface area contributed by atoms with Crippen LogP contribution in [0.15, 0.2) is 53.4 Å². The average Bonchev–Trinajstić information content (AvgIpc) is 2.81. The van der Waals surface area contributed by atoms with Gasteiger partial charge in [-0.3, -0.25) is 0 Å². The Kier molecular flexibility index (Phi) is 5.12. The molecule has 1 saturated heterocycles. The topological polar surface area (TPSA) is 69.7 Å². The van der Waals surface area contributed by atoms with E-state index < -0.39 is 15.1 Å². The molecule has 7 heteroatoms. The van der Waals surface area contributed by atoms with Crippen LogP contribution in [0.1, 0.15) is 17.5 Å². The van der Waals surface area contributed by atoms with Gasteiger partial charge in [0.2, 0.25) is 0 Å².